The second-order valence-corrected chi connectivity index (χ2v) is 3.70. The monoisotopic (exact) mass is 266 g/mol. The van der Waals surface area contributed by atoms with Crippen molar-refractivity contribution in [1.82, 2.24) is 0 Å². The zero-order valence-corrected chi connectivity index (χ0v) is 10.9. The first-order valence-electron chi connectivity index (χ1n) is 5.46. The summed E-state index contributed by atoms with van der Waals surface area (Å²) in [4.78, 5) is 6.36. The molecule has 0 radical (unpaired) electrons. The van der Waals surface area contributed by atoms with E-state index in [0.717, 1.165) is 0 Å². The van der Waals surface area contributed by atoms with Crippen molar-refractivity contribution in [3.8, 4) is 12.1 Å². The lowest BCUT2D eigenvalue weighted by Gasteiger charge is -2.21. The fourth-order valence-electron chi connectivity index (χ4n) is 1.78. The van der Waals surface area contributed by atoms with Crippen molar-refractivity contribution in [1.29, 1.82) is 10.5 Å². The molecule has 0 saturated carbocycles. The van der Waals surface area contributed by atoms with Gasteiger partial charge in [0.1, 0.15) is 17.4 Å². The smallest absolute Gasteiger partial charge is 0.320 e. The van der Waals surface area contributed by atoms with Crippen molar-refractivity contribution in [2.75, 3.05) is 14.2 Å². The molecule has 0 aliphatic heterocycles. The highest BCUT2D eigenvalue weighted by molar-refractivity contribution is 5.53. The second-order valence-electron chi connectivity index (χ2n) is 3.70. The average molecular weight is 266 g/mol. The van der Waals surface area contributed by atoms with E-state index in [1.165, 1.54) is 26.4 Å². The Morgan fingerprint density at radius 2 is 2.05 bits per heavy atom. The standard InChI is InChI=1S/C14H10N4O2/c1-17-11(7-15)9-5-14(20-4)10(6-13(9)19-3)12(8-16)18-2/h5-6,9,11H,3-4H3. The van der Waals surface area contributed by atoms with Gasteiger partial charge in [-0.15, -0.1) is 0 Å². The molecule has 0 fully saturated rings. The van der Waals surface area contributed by atoms with E-state index in [0.29, 0.717) is 11.3 Å². The fourth-order valence-corrected chi connectivity index (χ4v) is 1.78. The summed E-state index contributed by atoms with van der Waals surface area (Å²) in [6.07, 6.45) is 3.00. The molecule has 20 heavy (non-hydrogen) atoms. The zero-order valence-electron chi connectivity index (χ0n) is 10.9. The molecule has 0 aromatic heterocycles. The van der Waals surface area contributed by atoms with Crippen LogP contribution in [-0.2, 0) is 9.47 Å². The summed E-state index contributed by atoms with van der Waals surface area (Å²) in [5.41, 5.74) is 0.155. The quantitative estimate of drug-likeness (QED) is 0.579. The van der Waals surface area contributed by atoms with Gasteiger partial charge in [-0.3, -0.25) is 4.85 Å². The molecular formula is C14H10N4O2. The molecule has 0 spiro atoms. The summed E-state index contributed by atoms with van der Waals surface area (Å²) < 4.78 is 10.3. The highest BCUT2D eigenvalue weighted by atomic mass is 16.5. The number of rotatable bonds is 3. The zero-order chi connectivity index (χ0) is 15.1. The van der Waals surface area contributed by atoms with Gasteiger partial charge in [-0.25, -0.2) is 16.7 Å². The Labute approximate surface area is 117 Å². The molecule has 0 aromatic rings. The number of methoxy groups -OCH3 is 2. The summed E-state index contributed by atoms with van der Waals surface area (Å²) in [6, 6.07) is 2.71. The Kier molecular flexibility index (Phi) is 4.93. The second kappa shape index (κ2) is 6.64. The molecule has 0 N–H and O–H groups in total. The molecule has 0 amide bonds. The summed E-state index contributed by atoms with van der Waals surface area (Å²) in [6.45, 7) is 14.0. The van der Waals surface area contributed by atoms with E-state index in [-0.39, 0.29) is 11.5 Å². The average Bonchev–Trinajstić information content (AvgIpc) is 2.50. The van der Waals surface area contributed by atoms with Crippen molar-refractivity contribution in [3.63, 3.8) is 0 Å². The van der Waals surface area contributed by atoms with Gasteiger partial charge in [0.2, 0.25) is 0 Å². The Bertz CT molecular complexity index is 629. The van der Waals surface area contributed by atoms with E-state index in [9.17, 15) is 0 Å². The minimum atomic E-state index is -0.952. The predicted molar refractivity (Wildman–Crippen MR) is 68.9 cm³/mol. The van der Waals surface area contributed by atoms with Crippen molar-refractivity contribution in [2.24, 2.45) is 5.92 Å². The molecule has 1 aliphatic rings. The molecule has 1 aliphatic carbocycles. The first-order valence-corrected chi connectivity index (χ1v) is 5.46. The van der Waals surface area contributed by atoms with Crippen LogP contribution in [0.3, 0.4) is 0 Å². The lowest BCUT2D eigenvalue weighted by atomic mass is 9.90. The molecule has 1 rings (SSSR count). The lowest BCUT2D eigenvalue weighted by molar-refractivity contribution is 0.242. The van der Waals surface area contributed by atoms with Gasteiger partial charge in [-0.2, -0.15) is 5.26 Å². The van der Waals surface area contributed by atoms with Gasteiger partial charge in [0.15, 0.2) is 6.07 Å². The summed E-state index contributed by atoms with van der Waals surface area (Å²) in [5.74, 6) is 0.0406. The van der Waals surface area contributed by atoms with Crippen LogP contribution in [0.4, 0.5) is 0 Å². The number of hydrogen-bond acceptors (Lipinski definition) is 4. The number of nitrogens with zero attached hydrogens (tertiary/aromatic N) is 4. The van der Waals surface area contributed by atoms with Crippen LogP contribution in [0.5, 0.6) is 0 Å². The Balaban J connectivity index is 3.46. The van der Waals surface area contributed by atoms with Crippen molar-refractivity contribution >= 4 is 0 Å². The number of nitriles is 2. The lowest BCUT2D eigenvalue weighted by Crippen LogP contribution is -2.21. The van der Waals surface area contributed by atoms with E-state index < -0.39 is 12.0 Å². The molecule has 0 aromatic carbocycles. The minimum absolute atomic E-state index is 0.137. The SMILES string of the molecule is [C-]#[N+]C(C#N)=C1C=C(OC)C(C(C#N)[N+]#[C-])C=C1OC. The number of ether oxygens (including phenoxy) is 2. The number of hydrogen-bond donors (Lipinski definition) is 0. The minimum Gasteiger partial charge on any atom is -0.500 e. The first-order chi connectivity index (χ1) is 9.66. The molecule has 0 bridgehead atoms. The largest absolute Gasteiger partial charge is 0.500 e. The van der Waals surface area contributed by atoms with Crippen LogP contribution in [0.1, 0.15) is 0 Å². The number of allylic oxidation sites excluding steroid dienone is 2. The molecule has 2 atom stereocenters. The Hall–Kier alpha value is -3.22. The first kappa shape index (κ1) is 14.8. The van der Waals surface area contributed by atoms with Crippen LogP contribution >= 0.6 is 0 Å². The van der Waals surface area contributed by atoms with Gasteiger partial charge < -0.3 is 9.47 Å². The summed E-state index contributed by atoms with van der Waals surface area (Å²) in [5, 5.41) is 17.9. The van der Waals surface area contributed by atoms with Crippen molar-refractivity contribution in [3.05, 3.63) is 57.8 Å². The third-order valence-corrected chi connectivity index (χ3v) is 2.75. The van der Waals surface area contributed by atoms with Crippen LogP contribution in [-0.4, -0.2) is 20.3 Å². The maximum atomic E-state index is 8.99. The molecule has 0 heterocycles. The Morgan fingerprint density at radius 1 is 1.35 bits per heavy atom. The van der Waals surface area contributed by atoms with Gasteiger partial charge in [0, 0.05) is 5.57 Å². The van der Waals surface area contributed by atoms with Gasteiger partial charge in [-0.05, 0) is 12.2 Å². The van der Waals surface area contributed by atoms with Gasteiger partial charge in [-0.1, -0.05) is 0 Å². The normalized spacial score (nSPS) is 20.8. The van der Waals surface area contributed by atoms with E-state index in [1.54, 1.807) is 6.07 Å². The van der Waals surface area contributed by atoms with Gasteiger partial charge >= 0.3 is 6.04 Å². The molecule has 2 unspecified atom stereocenters. The van der Waals surface area contributed by atoms with Crippen LogP contribution in [0.2, 0.25) is 0 Å². The van der Waals surface area contributed by atoms with Crippen LogP contribution in [0, 0.1) is 41.7 Å². The van der Waals surface area contributed by atoms with Crippen LogP contribution in [0.25, 0.3) is 9.69 Å². The highest BCUT2D eigenvalue weighted by Gasteiger charge is 2.34. The third-order valence-electron chi connectivity index (χ3n) is 2.75. The van der Waals surface area contributed by atoms with Crippen molar-refractivity contribution < 1.29 is 9.47 Å². The van der Waals surface area contributed by atoms with Gasteiger partial charge in [0.25, 0.3) is 5.70 Å². The maximum Gasteiger partial charge on any atom is 0.320 e. The van der Waals surface area contributed by atoms with Crippen LogP contribution in [0.15, 0.2) is 34.9 Å². The summed E-state index contributed by atoms with van der Waals surface area (Å²) in [7, 11) is 2.80. The van der Waals surface area contributed by atoms with Crippen LogP contribution < -0.4 is 0 Å². The van der Waals surface area contributed by atoms with E-state index in [2.05, 4.69) is 9.69 Å². The Morgan fingerprint density at radius 3 is 2.45 bits per heavy atom. The van der Waals surface area contributed by atoms with E-state index in [4.69, 9.17) is 33.1 Å². The molecule has 0 saturated heterocycles. The third kappa shape index (κ3) is 2.61. The maximum absolute atomic E-state index is 8.99. The molecule has 6 nitrogen and oxygen atoms in total. The summed E-state index contributed by atoms with van der Waals surface area (Å²) >= 11 is 0. The molecule has 6 heteroatoms. The van der Waals surface area contributed by atoms with E-state index >= 15 is 0 Å². The van der Waals surface area contributed by atoms with Gasteiger partial charge in [0.05, 0.1) is 26.9 Å². The fraction of sp³-hybridized carbons (Fsp3) is 0.286. The predicted octanol–water partition coefficient (Wildman–Crippen LogP) is 2.19. The molecule has 98 valence electrons. The topological polar surface area (TPSA) is 74.8 Å². The highest BCUT2D eigenvalue weighted by Crippen LogP contribution is 2.33. The van der Waals surface area contributed by atoms with E-state index in [1.807, 2.05) is 6.07 Å². The molecular weight excluding hydrogens is 256 g/mol. The van der Waals surface area contributed by atoms with Crippen molar-refractivity contribution in [2.45, 2.75) is 6.04 Å².